The first-order valence-electron chi connectivity index (χ1n) is 19.3. The standard InChI is InChI=1S/C25H44N4O2Si2.C10H13NO.C3H5N3.C2H4O2.CH4/c1-21-8-10-22(11-9-21)23-18-25(29-24(27-23)12-13-26-29)28(19-30-14-16-32(2,3)4)20-31-15-17-33(5,6)7;1-8-2-4-9(5-3-8)10(12)6-7-11;4-3-1-2-5-6-3;1-2(3)4;/h12-13,18,22H,1,8-11,14-17,19-20H2,2-7H3;9H,1-6H2;1-2H,(H3,4,5,6);1H3,(H,3,4);1H4. The highest BCUT2D eigenvalue weighted by Crippen LogP contribution is 2.35. The number of ether oxygens (including phenoxy) is 2. The summed E-state index contributed by atoms with van der Waals surface area (Å²) < 4.78 is 14.3. The maximum Gasteiger partial charge on any atom is 0.300 e. The summed E-state index contributed by atoms with van der Waals surface area (Å²) in [5, 5.41) is 26.4. The predicted molar refractivity (Wildman–Crippen MR) is 233 cm³/mol. The molecule has 312 valence electrons. The highest BCUT2D eigenvalue weighted by atomic mass is 28.3. The molecule has 0 radical (unpaired) electrons. The van der Waals surface area contributed by atoms with Gasteiger partial charge in [-0.1, -0.05) is 71.0 Å². The van der Waals surface area contributed by atoms with E-state index in [-0.39, 0.29) is 25.5 Å². The summed E-state index contributed by atoms with van der Waals surface area (Å²) in [6, 6.07) is 10.1. The van der Waals surface area contributed by atoms with Crippen LogP contribution in [0.15, 0.2) is 54.9 Å². The number of rotatable bonds is 14. The van der Waals surface area contributed by atoms with Gasteiger partial charge < -0.3 is 25.2 Å². The third kappa shape index (κ3) is 20.7. The second-order valence-electron chi connectivity index (χ2n) is 16.8. The van der Waals surface area contributed by atoms with E-state index < -0.39 is 22.1 Å². The molecule has 15 heteroatoms. The first kappa shape index (κ1) is 49.9. The Morgan fingerprint density at radius 3 is 1.91 bits per heavy atom. The summed E-state index contributed by atoms with van der Waals surface area (Å²) in [6.45, 7) is 26.0. The fourth-order valence-corrected chi connectivity index (χ4v) is 7.30. The van der Waals surface area contributed by atoms with Gasteiger partial charge in [0.15, 0.2) is 5.65 Å². The number of carbonyl (C=O) groups is 2. The van der Waals surface area contributed by atoms with Gasteiger partial charge in [0.2, 0.25) is 0 Å². The normalized spacial score (nSPS) is 14.8. The molecule has 3 aromatic heterocycles. The highest BCUT2D eigenvalue weighted by molar-refractivity contribution is 6.76. The molecule has 2 fully saturated rings. The van der Waals surface area contributed by atoms with Crippen molar-refractivity contribution in [3.8, 4) is 6.07 Å². The second-order valence-corrected chi connectivity index (χ2v) is 28.0. The molecule has 2 aliphatic carbocycles. The third-order valence-corrected chi connectivity index (χ3v) is 12.6. The Hall–Kier alpha value is -4.11. The van der Waals surface area contributed by atoms with Crippen molar-refractivity contribution in [3.63, 3.8) is 0 Å². The molecular formula is C41H70N8O5Si2. The highest BCUT2D eigenvalue weighted by Gasteiger charge is 2.24. The molecule has 2 saturated carbocycles. The summed E-state index contributed by atoms with van der Waals surface area (Å²) in [4.78, 5) is 27.4. The van der Waals surface area contributed by atoms with Gasteiger partial charge in [-0.05, 0) is 69.5 Å². The van der Waals surface area contributed by atoms with Crippen LogP contribution in [0, 0.1) is 17.2 Å². The average molecular weight is 811 g/mol. The number of hydrogen-bond acceptors (Lipinski definition) is 10. The van der Waals surface area contributed by atoms with Crippen LogP contribution in [0.4, 0.5) is 11.6 Å². The number of aliphatic carboxylic acids is 1. The van der Waals surface area contributed by atoms with Gasteiger partial charge in [-0.25, -0.2) is 4.98 Å². The third-order valence-electron chi connectivity index (χ3n) is 9.21. The Bertz CT molecular complexity index is 1630. The average Bonchev–Trinajstić information content (AvgIpc) is 3.79. The lowest BCUT2D eigenvalue weighted by Crippen LogP contribution is -2.33. The monoisotopic (exact) mass is 811 g/mol. The van der Waals surface area contributed by atoms with Crippen molar-refractivity contribution in [2.75, 3.05) is 37.3 Å². The van der Waals surface area contributed by atoms with E-state index in [0.717, 1.165) is 101 Å². The fourth-order valence-electron chi connectivity index (χ4n) is 5.78. The number of nitrogens with two attached hydrogens (primary N) is 1. The number of nitrogens with zero attached hydrogens (tertiary/aromatic N) is 6. The molecule has 13 nitrogen and oxygen atoms in total. The molecule has 0 saturated heterocycles. The van der Waals surface area contributed by atoms with Crippen LogP contribution in [0.25, 0.3) is 5.65 Å². The zero-order valence-electron chi connectivity index (χ0n) is 34.4. The number of carboxylic acids is 1. The van der Waals surface area contributed by atoms with E-state index >= 15 is 0 Å². The molecule has 5 rings (SSSR count). The molecule has 0 spiro atoms. The van der Waals surface area contributed by atoms with Gasteiger partial charge in [-0.3, -0.25) is 14.7 Å². The van der Waals surface area contributed by atoms with Crippen molar-refractivity contribution in [1.82, 2.24) is 24.8 Å². The van der Waals surface area contributed by atoms with Gasteiger partial charge in [0, 0.05) is 65.9 Å². The number of anilines is 2. The fraction of sp³-hybridized carbons (Fsp3) is 0.610. The van der Waals surface area contributed by atoms with E-state index in [9.17, 15) is 4.79 Å². The molecule has 56 heavy (non-hydrogen) atoms. The van der Waals surface area contributed by atoms with E-state index in [4.69, 9.17) is 35.4 Å². The number of carbonyl (C=O) groups excluding carboxylic acids is 1. The first-order chi connectivity index (χ1) is 25.9. The Balaban J connectivity index is 0.000000552. The number of ketones is 1. The maximum atomic E-state index is 11.3. The number of aromatic amines is 1. The quantitative estimate of drug-likeness (QED) is 0.0610. The Morgan fingerprint density at radius 2 is 1.48 bits per heavy atom. The number of H-pyrrole nitrogens is 1. The van der Waals surface area contributed by atoms with Gasteiger partial charge >= 0.3 is 0 Å². The lowest BCUT2D eigenvalue weighted by molar-refractivity contribution is -0.134. The second kappa shape index (κ2) is 25.2. The van der Waals surface area contributed by atoms with Crippen LogP contribution in [0.3, 0.4) is 0 Å². The van der Waals surface area contributed by atoms with E-state index in [1.54, 1.807) is 12.3 Å². The molecule has 4 N–H and O–H groups in total. The molecule has 0 unspecified atom stereocenters. The van der Waals surface area contributed by atoms with Crippen molar-refractivity contribution >= 4 is 45.2 Å². The van der Waals surface area contributed by atoms with Gasteiger partial charge in [0.05, 0.1) is 24.9 Å². The topological polar surface area (TPSA) is 185 Å². The van der Waals surface area contributed by atoms with Crippen LogP contribution in [0.5, 0.6) is 0 Å². The molecule has 2 aliphatic rings. The number of nitrogen functional groups attached to an aromatic ring is 1. The number of Topliss-reactive ketones (excluding diaryl/α,β-unsaturated/α-hetero) is 1. The smallest absolute Gasteiger partial charge is 0.300 e. The lowest BCUT2D eigenvalue weighted by atomic mass is 9.83. The van der Waals surface area contributed by atoms with Crippen molar-refractivity contribution in [1.29, 1.82) is 5.26 Å². The number of hydrogen-bond donors (Lipinski definition) is 3. The number of nitriles is 1. The van der Waals surface area contributed by atoms with E-state index in [1.807, 2.05) is 22.8 Å². The van der Waals surface area contributed by atoms with Crippen LogP contribution >= 0.6 is 0 Å². The maximum absolute atomic E-state index is 11.3. The summed E-state index contributed by atoms with van der Waals surface area (Å²) in [7, 11) is -2.27. The van der Waals surface area contributed by atoms with Crippen molar-refractivity contribution in [3.05, 3.63) is 60.6 Å². The number of aromatic nitrogens is 5. The summed E-state index contributed by atoms with van der Waals surface area (Å²) in [6.07, 6.45) is 11.7. The van der Waals surface area contributed by atoms with Gasteiger partial charge in [0.1, 0.15) is 30.9 Å². The first-order valence-corrected chi connectivity index (χ1v) is 26.7. The van der Waals surface area contributed by atoms with Gasteiger partial charge in [-0.2, -0.15) is 20.0 Å². The molecule has 3 aromatic rings. The molecule has 0 aromatic carbocycles. The van der Waals surface area contributed by atoms with E-state index in [1.165, 1.54) is 11.1 Å². The van der Waals surface area contributed by atoms with E-state index in [0.29, 0.717) is 25.2 Å². The van der Waals surface area contributed by atoms with Crippen molar-refractivity contribution in [2.45, 2.75) is 129 Å². The zero-order chi connectivity index (χ0) is 41.0. The van der Waals surface area contributed by atoms with Crippen LogP contribution in [0.1, 0.15) is 83.7 Å². The van der Waals surface area contributed by atoms with E-state index in [2.05, 4.69) is 78.7 Å². The summed E-state index contributed by atoms with van der Waals surface area (Å²) in [5.74, 6) is 1.50. The van der Waals surface area contributed by atoms with Gasteiger partial charge in [0.25, 0.3) is 5.97 Å². The molecule has 0 bridgehead atoms. The number of carboxylic acid groups (broad SMARTS) is 1. The SMILES string of the molecule is C.C=C1CCC(C(=O)CC#N)CC1.C=C1CCC(c2cc(N(COCC[Si](C)(C)C)COCC[Si](C)(C)C)n3nccc3n2)CC1.CC(=O)O.Nc1ccn[nH]1. The largest absolute Gasteiger partial charge is 0.481 e. The Labute approximate surface area is 337 Å². The number of fused-ring (bicyclic) bond motifs is 1. The lowest BCUT2D eigenvalue weighted by Gasteiger charge is -2.28. The van der Waals surface area contributed by atoms with Crippen LogP contribution in [0.2, 0.25) is 51.4 Å². The Morgan fingerprint density at radius 1 is 0.964 bits per heavy atom. The minimum atomic E-state index is -1.14. The molecule has 0 atom stereocenters. The molecule has 0 amide bonds. The van der Waals surface area contributed by atoms with Crippen LogP contribution in [-0.2, 0) is 19.1 Å². The van der Waals surface area contributed by atoms with Gasteiger partial charge in [-0.15, -0.1) is 0 Å². The summed E-state index contributed by atoms with van der Waals surface area (Å²) in [5.41, 5.74) is 9.81. The zero-order valence-corrected chi connectivity index (χ0v) is 36.4. The molecular weight excluding hydrogens is 741 g/mol. The minimum Gasteiger partial charge on any atom is -0.481 e. The molecule has 3 heterocycles. The number of allylic oxidation sites excluding steroid dienone is 2. The van der Waals surface area contributed by atoms with Crippen LogP contribution in [-0.4, -0.2) is 84.5 Å². The number of nitrogens with one attached hydrogen (secondary N) is 1. The minimum absolute atomic E-state index is 0. The summed E-state index contributed by atoms with van der Waals surface area (Å²) >= 11 is 0. The van der Waals surface area contributed by atoms with Crippen LogP contribution < -0.4 is 10.6 Å². The molecule has 0 aliphatic heterocycles. The van der Waals surface area contributed by atoms with Crippen molar-refractivity contribution in [2.24, 2.45) is 5.92 Å². The predicted octanol–water partition coefficient (Wildman–Crippen LogP) is 9.31. The van der Waals surface area contributed by atoms with Crippen molar-refractivity contribution < 1.29 is 24.2 Å². The Kier molecular flexibility index (Phi) is 22.5.